The quantitative estimate of drug-likeness (QED) is 0.461. The molecule has 5 nitrogen and oxygen atoms in total. The van der Waals surface area contributed by atoms with E-state index in [0.717, 1.165) is 34.6 Å². The summed E-state index contributed by atoms with van der Waals surface area (Å²) in [6.07, 6.45) is 1.80. The van der Waals surface area contributed by atoms with Gasteiger partial charge in [0, 0.05) is 13.6 Å². The number of hydrogen-bond acceptors (Lipinski definition) is 2. The third-order valence-electron chi connectivity index (χ3n) is 4.03. The van der Waals surface area contributed by atoms with Crippen molar-refractivity contribution in [1.82, 2.24) is 4.90 Å². The van der Waals surface area contributed by atoms with Gasteiger partial charge >= 0.3 is 0 Å². The number of nitrogens with zero attached hydrogens (tertiary/aromatic N) is 3. The Bertz CT molecular complexity index is 763. The Hall–Kier alpha value is -2.18. The Labute approximate surface area is 152 Å². The number of aliphatic imine (C=N–C) groups is 1. The first kappa shape index (κ1) is 19.1. The number of aryl methyl sites for hydroxylation is 2. The minimum atomic E-state index is -2.11. The normalized spacial score (nSPS) is 12.4. The van der Waals surface area contributed by atoms with Gasteiger partial charge < -0.3 is 4.90 Å². The van der Waals surface area contributed by atoms with Crippen molar-refractivity contribution in [2.24, 2.45) is 4.99 Å². The van der Waals surface area contributed by atoms with Gasteiger partial charge in [0.15, 0.2) is 0 Å². The molecule has 1 N–H and O–H groups in total. The lowest BCUT2D eigenvalue weighted by Gasteiger charge is -2.23. The maximum absolute atomic E-state index is 11.9. The first-order chi connectivity index (χ1) is 11.9. The molecule has 0 radical (unpaired) electrons. The molecule has 134 valence electrons. The van der Waals surface area contributed by atoms with Crippen LogP contribution in [-0.4, -0.2) is 33.6 Å². The van der Waals surface area contributed by atoms with Crippen LogP contribution in [-0.2, 0) is 17.8 Å². The zero-order valence-corrected chi connectivity index (χ0v) is 16.0. The topological polar surface area (TPSA) is 56.1 Å². The van der Waals surface area contributed by atoms with Crippen LogP contribution in [0.2, 0.25) is 0 Å². The third-order valence-corrected chi connectivity index (χ3v) is 4.74. The Balaban J connectivity index is 2.34. The largest absolute Gasteiger partial charge is 0.366 e. The molecule has 6 heteroatoms. The lowest BCUT2D eigenvalue weighted by Crippen LogP contribution is -2.25. The lowest BCUT2D eigenvalue weighted by atomic mass is 10.1. The van der Waals surface area contributed by atoms with Crippen LogP contribution in [0.25, 0.3) is 0 Å². The van der Waals surface area contributed by atoms with E-state index in [2.05, 4.69) is 11.9 Å². The molecule has 0 fully saturated rings. The van der Waals surface area contributed by atoms with Crippen LogP contribution in [0.15, 0.2) is 47.5 Å². The Morgan fingerprint density at radius 3 is 2.44 bits per heavy atom. The van der Waals surface area contributed by atoms with E-state index in [1.165, 1.54) is 4.31 Å². The molecule has 0 aliphatic carbocycles. The molecule has 0 heterocycles. The second kappa shape index (κ2) is 8.78. The second-order valence-corrected chi connectivity index (χ2v) is 6.90. The van der Waals surface area contributed by atoms with E-state index in [1.54, 1.807) is 6.34 Å². The molecule has 0 aromatic heterocycles. The first-order valence-electron chi connectivity index (χ1n) is 8.20. The molecule has 0 bridgehead atoms. The second-order valence-electron chi connectivity index (χ2n) is 6.00. The van der Waals surface area contributed by atoms with Gasteiger partial charge in [-0.3, -0.25) is 8.86 Å². The maximum Gasteiger partial charge on any atom is 0.262 e. The van der Waals surface area contributed by atoms with Gasteiger partial charge in [0.1, 0.15) is 0 Å². The van der Waals surface area contributed by atoms with Crippen LogP contribution in [0.4, 0.5) is 11.4 Å². The average molecular weight is 359 g/mol. The minimum absolute atomic E-state index is 0.366. The van der Waals surface area contributed by atoms with Gasteiger partial charge in [-0.2, -0.15) is 0 Å². The van der Waals surface area contributed by atoms with Gasteiger partial charge in [0.25, 0.3) is 11.3 Å². The van der Waals surface area contributed by atoms with Crippen LogP contribution >= 0.6 is 0 Å². The number of benzene rings is 2. The molecule has 2 aromatic rings. The highest BCUT2D eigenvalue weighted by Crippen LogP contribution is 2.30. The standard InChI is InChI=1S/C19H25N3O2S/c1-5-21(4)14-20-18-11-16(3)19(12-15(18)2)22(25(23)24)13-17-9-7-6-8-10-17/h6-12,14H,5,13H2,1-4H3,(H,23,24). The zero-order chi connectivity index (χ0) is 18.4. The lowest BCUT2D eigenvalue weighted by molar-refractivity contribution is 0.552. The van der Waals surface area contributed by atoms with E-state index >= 15 is 0 Å². The molecular weight excluding hydrogens is 334 g/mol. The van der Waals surface area contributed by atoms with Gasteiger partial charge in [-0.15, -0.1) is 0 Å². The number of rotatable bonds is 7. The first-order valence-corrected chi connectivity index (χ1v) is 9.26. The van der Waals surface area contributed by atoms with Gasteiger partial charge in [-0.1, -0.05) is 30.3 Å². The van der Waals surface area contributed by atoms with Crippen molar-refractivity contribution in [3.8, 4) is 0 Å². The monoisotopic (exact) mass is 359 g/mol. The average Bonchev–Trinajstić information content (AvgIpc) is 2.60. The van der Waals surface area contributed by atoms with Crippen molar-refractivity contribution in [3.05, 3.63) is 59.2 Å². The summed E-state index contributed by atoms with van der Waals surface area (Å²) in [5.41, 5.74) is 4.46. The summed E-state index contributed by atoms with van der Waals surface area (Å²) >= 11 is -2.11. The van der Waals surface area contributed by atoms with E-state index in [-0.39, 0.29) is 0 Å². The van der Waals surface area contributed by atoms with Gasteiger partial charge in [0.2, 0.25) is 0 Å². The Kier molecular flexibility index (Phi) is 6.73. The van der Waals surface area contributed by atoms with Crippen molar-refractivity contribution in [2.75, 3.05) is 17.9 Å². The highest BCUT2D eigenvalue weighted by molar-refractivity contribution is 7.80. The third kappa shape index (κ3) is 5.14. The number of anilines is 1. The predicted octanol–water partition coefficient (Wildman–Crippen LogP) is 4.06. The Morgan fingerprint density at radius 2 is 1.84 bits per heavy atom. The molecule has 2 aromatic carbocycles. The van der Waals surface area contributed by atoms with Crippen molar-refractivity contribution in [1.29, 1.82) is 0 Å². The number of hydrogen-bond donors (Lipinski definition) is 1. The predicted molar refractivity (Wildman–Crippen MR) is 106 cm³/mol. The molecule has 0 amide bonds. The van der Waals surface area contributed by atoms with E-state index in [0.29, 0.717) is 6.54 Å². The fourth-order valence-corrected chi connectivity index (χ4v) is 3.03. The van der Waals surface area contributed by atoms with Gasteiger partial charge in [-0.05, 0) is 49.6 Å². The summed E-state index contributed by atoms with van der Waals surface area (Å²) in [6, 6.07) is 13.5. The summed E-state index contributed by atoms with van der Waals surface area (Å²) in [6.45, 7) is 7.20. The smallest absolute Gasteiger partial charge is 0.262 e. The molecule has 1 unspecified atom stereocenters. The molecule has 0 aliphatic heterocycles. The summed E-state index contributed by atoms with van der Waals surface area (Å²) in [5.74, 6) is 0. The van der Waals surface area contributed by atoms with Crippen LogP contribution in [0.3, 0.4) is 0 Å². The molecule has 0 aliphatic rings. The molecule has 0 spiro atoms. The molecule has 0 saturated heterocycles. The molecule has 0 saturated carbocycles. The van der Waals surface area contributed by atoms with Crippen molar-refractivity contribution < 1.29 is 8.76 Å². The van der Waals surface area contributed by atoms with Crippen LogP contribution in [0.5, 0.6) is 0 Å². The van der Waals surface area contributed by atoms with Gasteiger partial charge in [-0.25, -0.2) is 9.20 Å². The van der Waals surface area contributed by atoms with Crippen molar-refractivity contribution >= 4 is 29.0 Å². The maximum atomic E-state index is 11.9. The SMILES string of the molecule is CCN(C)C=Nc1cc(C)c(N(Cc2ccccc2)S(=O)O)cc1C. The summed E-state index contributed by atoms with van der Waals surface area (Å²) < 4.78 is 23.2. The summed E-state index contributed by atoms with van der Waals surface area (Å²) in [4.78, 5) is 6.50. The molecule has 1 atom stereocenters. The van der Waals surface area contributed by atoms with E-state index in [1.807, 2.05) is 68.3 Å². The van der Waals surface area contributed by atoms with Crippen LogP contribution < -0.4 is 4.31 Å². The fourth-order valence-electron chi connectivity index (χ4n) is 2.41. The summed E-state index contributed by atoms with van der Waals surface area (Å²) in [7, 11) is 1.97. The van der Waals surface area contributed by atoms with Gasteiger partial charge in [0.05, 0.1) is 24.3 Å². The van der Waals surface area contributed by atoms with E-state index in [9.17, 15) is 8.76 Å². The van der Waals surface area contributed by atoms with Crippen LogP contribution in [0.1, 0.15) is 23.6 Å². The van der Waals surface area contributed by atoms with Crippen LogP contribution in [0, 0.1) is 13.8 Å². The highest BCUT2D eigenvalue weighted by Gasteiger charge is 2.17. The van der Waals surface area contributed by atoms with Crippen molar-refractivity contribution in [3.63, 3.8) is 0 Å². The molecule has 2 rings (SSSR count). The highest BCUT2D eigenvalue weighted by atomic mass is 32.2. The van der Waals surface area contributed by atoms with E-state index in [4.69, 9.17) is 0 Å². The molecular formula is C19H25N3O2S. The Morgan fingerprint density at radius 1 is 1.16 bits per heavy atom. The molecule has 25 heavy (non-hydrogen) atoms. The summed E-state index contributed by atoms with van der Waals surface area (Å²) in [5, 5.41) is 0. The minimum Gasteiger partial charge on any atom is -0.366 e. The zero-order valence-electron chi connectivity index (χ0n) is 15.1. The van der Waals surface area contributed by atoms with Crippen molar-refractivity contribution in [2.45, 2.75) is 27.3 Å². The fraction of sp³-hybridized carbons (Fsp3) is 0.316. The van der Waals surface area contributed by atoms with E-state index < -0.39 is 11.3 Å².